The topological polar surface area (TPSA) is 49.6 Å². The monoisotopic (exact) mass is 351 g/mol. The van der Waals surface area contributed by atoms with E-state index in [0.29, 0.717) is 37.7 Å². The van der Waals surface area contributed by atoms with Crippen molar-refractivity contribution in [1.29, 1.82) is 0 Å². The Morgan fingerprint density at radius 1 is 1.04 bits per heavy atom. The van der Waals surface area contributed by atoms with E-state index in [9.17, 15) is 9.18 Å². The van der Waals surface area contributed by atoms with E-state index in [1.807, 2.05) is 24.3 Å². The van der Waals surface area contributed by atoms with Gasteiger partial charge in [-0.1, -0.05) is 12.1 Å². The molecule has 0 unspecified atom stereocenters. The molecule has 0 spiro atoms. The number of halogens is 1. The summed E-state index contributed by atoms with van der Waals surface area (Å²) in [5.74, 6) is 0.113. The molecule has 1 saturated heterocycles. The number of anilines is 1. The summed E-state index contributed by atoms with van der Waals surface area (Å²) in [5.41, 5.74) is 2.44. The van der Waals surface area contributed by atoms with Crippen LogP contribution >= 0.6 is 0 Å². The third kappa shape index (κ3) is 3.44. The largest absolute Gasteiger partial charge is 0.437 e. The molecule has 1 aliphatic rings. The van der Waals surface area contributed by atoms with Crippen LogP contribution in [0.3, 0.4) is 0 Å². The average Bonchev–Trinajstić information content (AvgIpc) is 3.10. The minimum absolute atomic E-state index is 0.0639. The summed E-state index contributed by atoms with van der Waals surface area (Å²) in [5, 5.41) is 0. The number of aromatic nitrogens is 1. The van der Waals surface area contributed by atoms with Gasteiger partial charge >= 0.3 is 0 Å². The van der Waals surface area contributed by atoms with Gasteiger partial charge in [-0.15, -0.1) is 0 Å². The summed E-state index contributed by atoms with van der Waals surface area (Å²) in [6.07, 6.45) is 3.10. The van der Waals surface area contributed by atoms with Crippen LogP contribution in [-0.4, -0.2) is 42.0 Å². The lowest BCUT2D eigenvalue weighted by molar-refractivity contribution is -0.126. The summed E-state index contributed by atoms with van der Waals surface area (Å²) in [4.78, 5) is 20.6. The van der Waals surface area contributed by atoms with E-state index >= 15 is 0 Å². The maximum absolute atomic E-state index is 13.0. The van der Waals surface area contributed by atoms with Crippen LogP contribution in [0.1, 0.15) is 5.89 Å². The van der Waals surface area contributed by atoms with Crippen molar-refractivity contribution in [3.05, 3.63) is 66.3 Å². The first-order chi connectivity index (χ1) is 12.7. The first-order valence-electron chi connectivity index (χ1n) is 8.52. The van der Waals surface area contributed by atoms with Gasteiger partial charge in [0.25, 0.3) is 0 Å². The molecule has 132 valence electrons. The van der Waals surface area contributed by atoms with Crippen molar-refractivity contribution in [2.24, 2.45) is 0 Å². The Morgan fingerprint density at radius 3 is 2.50 bits per heavy atom. The van der Waals surface area contributed by atoms with Gasteiger partial charge in [0.05, 0.1) is 0 Å². The van der Waals surface area contributed by atoms with Crippen molar-refractivity contribution in [2.45, 2.75) is 0 Å². The standard InChI is InChI=1S/C20H18FN3O2/c21-15-5-7-16(8-6-15)23-11-13-24(14-12-23)20(25)10-9-19-22-17-3-1-2-4-18(17)26-19/h1-10H,11-14H2/b10-9+. The van der Waals surface area contributed by atoms with Gasteiger partial charge in [0, 0.05) is 44.0 Å². The van der Waals surface area contributed by atoms with Crippen LogP contribution in [0.5, 0.6) is 0 Å². The highest BCUT2D eigenvalue weighted by Gasteiger charge is 2.20. The van der Waals surface area contributed by atoms with E-state index in [2.05, 4.69) is 9.88 Å². The van der Waals surface area contributed by atoms with Crippen LogP contribution in [0.4, 0.5) is 10.1 Å². The van der Waals surface area contributed by atoms with Crippen molar-refractivity contribution < 1.29 is 13.6 Å². The molecule has 1 fully saturated rings. The van der Waals surface area contributed by atoms with Crippen LogP contribution in [0, 0.1) is 5.82 Å². The van der Waals surface area contributed by atoms with Gasteiger partial charge in [-0.25, -0.2) is 9.37 Å². The highest BCUT2D eigenvalue weighted by atomic mass is 19.1. The van der Waals surface area contributed by atoms with E-state index in [0.717, 1.165) is 11.2 Å². The number of carbonyl (C=O) groups is 1. The van der Waals surface area contributed by atoms with Crippen molar-refractivity contribution in [3.63, 3.8) is 0 Å². The lowest BCUT2D eigenvalue weighted by atomic mass is 10.2. The Morgan fingerprint density at radius 2 is 1.77 bits per heavy atom. The van der Waals surface area contributed by atoms with Crippen LogP contribution in [0.25, 0.3) is 17.2 Å². The summed E-state index contributed by atoms with van der Waals surface area (Å²) in [6.45, 7) is 2.67. The predicted molar refractivity (Wildman–Crippen MR) is 98.2 cm³/mol. The zero-order chi connectivity index (χ0) is 17.9. The molecule has 0 aliphatic carbocycles. The number of rotatable bonds is 3. The number of para-hydroxylation sites is 2. The third-order valence-electron chi connectivity index (χ3n) is 4.46. The maximum Gasteiger partial charge on any atom is 0.246 e. The summed E-state index contributed by atoms with van der Waals surface area (Å²) >= 11 is 0. The molecule has 0 atom stereocenters. The van der Waals surface area contributed by atoms with E-state index in [4.69, 9.17) is 4.42 Å². The van der Waals surface area contributed by atoms with Crippen molar-refractivity contribution >= 4 is 28.8 Å². The molecule has 0 N–H and O–H groups in total. The average molecular weight is 351 g/mol. The predicted octanol–water partition coefficient (Wildman–Crippen LogP) is 3.33. The fourth-order valence-corrected chi connectivity index (χ4v) is 3.05. The Hall–Kier alpha value is -3.15. The fourth-order valence-electron chi connectivity index (χ4n) is 3.05. The normalized spacial score (nSPS) is 15.1. The number of nitrogens with zero attached hydrogens (tertiary/aromatic N) is 3. The molecule has 1 amide bonds. The quantitative estimate of drug-likeness (QED) is 0.679. The van der Waals surface area contributed by atoms with Crippen LogP contribution < -0.4 is 4.90 Å². The number of carbonyl (C=O) groups excluding carboxylic acids is 1. The first kappa shape index (κ1) is 16.3. The number of hydrogen-bond acceptors (Lipinski definition) is 4. The number of amides is 1. The minimum Gasteiger partial charge on any atom is -0.437 e. The maximum atomic E-state index is 13.0. The number of benzene rings is 2. The molecule has 0 radical (unpaired) electrons. The van der Waals surface area contributed by atoms with Gasteiger partial charge in [-0.05, 0) is 36.4 Å². The van der Waals surface area contributed by atoms with E-state index in [-0.39, 0.29) is 11.7 Å². The van der Waals surface area contributed by atoms with Gasteiger partial charge < -0.3 is 14.2 Å². The highest BCUT2D eigenvalue weighted by Crippen LogP contribution is 2.18. The minimum atomic E-state index is -0.244. The number of piperazine rings is 1. The molecular weight excluding hydrogens is 333 g/mol. The molecule has 0 saturated carbocycles. The number of oxazole rings is 1. The zero-order valence-corrected chi connectivity index (χ0v) is 14.1. The number of hydrogen-bond donors (Lipinski definition) is 0. The molecule has 4 rings (SSSR count). The van der Waals surface area contributed by atoms with Gasteiger partial charge in [-0.3, -0.25) is 4.79 Å². The van der Waals surface area contributed by atoms with Gasteiger partial charge in [-0.2, -0.15) is 0 Å². The zero-order valence-electron chi connectivity index (χ0n) is 14.1. The smallest absolute Gasteiger partial charge is 0.246 e. The Kier molecular flexibility index (Phi) is 4.39. The molecule has 1 aromatic heterocycles. The van der Waals surface area contributed by atoms with Gasteiger partial charge in [0.1, 0.15) is 11.3 Å². The van der Waals surface area contributed by atoms with E-state index in [1.54, 1.807) is 23.1 Å². The molecule has 3 aromatic rings. The van der Waals surface area contributed by atoms with Crippen molar-refractivity contribution in [2.75, 3.05) is 31.1 Å². The van der Waals surface area contributed by atoms with Crippen molar-refractivity contribution in [3.8, 4) is 0 Å². The second kappa shape index (κ2) is 7.00. The van der Waals surface area contributed by atoms with E-state index < -0.39 is 0 Å². The highest BCUT2D eigenvalue weighted by molar-refractivity contribution is 5.91. The Balaban J connectivity index is 1.36. The molecule has 5 nitrogen and oxygen atoms in total. The van der Waals surface area contributed by atoms with Crippen LogP contribution in [0.15, 0.2) is 59.0 Å². The van der Waals surface area contributed by atoms with E-state index in [1.165, 1.54) is 18.2 Å². The van der Waals surface area contributed by atoms with Gasteiger partial charge in [0.15, 0.2) is 5.58 Å². The molecule has 26 heavy (non-hydrogen) atoms. The second-order valence-corrected chi connectivity index (χ2v) is 6.14. The molecular formula is C20H18FN3O2. The van der Waals surface area contributed by atoms with Gasteiger partial charge in [0.2, 0.25) is 11.8 Å². The van der Waals surface area contributed by atoms with Crippen molar-refractivity contribution in [1.82, 2.24) is 9.88 Å². The molecule has 2 aromatic carbocycles. The lowest BCUT2D eigenvalue weighted by Crippen LogP contribution is -2.48. The molecule has 0 bridgehead atoms. The van der Waals surface area contributed by atoms with Crippen LogP contribution in [0.2, 0.25) is 0 Å². The fraction of sp³-hybridized carbons (Fsp3) is 0.200. The molecule has 2 heterocycles. The number of fused-ring (bicyclic) bond motifs is 1. The van der Waals surface area contributed by atoms with Crippen LogP contribution in [-0.2, 0) is 4.79 Å². The lowest BCUT2D eigenvalue weighted by Gasteiger charge is -2.35. The summed E-state index contributed by atoms with van der Waals surface area (Å²) in [7, 11) is 0. The SMILES string of the molecule is O=C(/C=C/c1nc2ccccc2o1)N1CCN(c2ccc(F)cc2)CC1. The summed E-state index contributed by atoms with van der Waals surface area (Å²) < 4.78 is 18.6. The Bertz CT molecular complexity index is 908. The first-order valence-corrected chi connectivity index (χ1v) is 8.52. The summed E-state index contributed by atoms with van der Waals surface area (Å²) in [6, 6.07) is 13.9. The molecule has 6 heteroatoms. The third-order valence-corrected chi connectivity index (χ3v) is 4.46. The second-order valence-electron chi connectivity index (χ2n) is 6.14. The Labute approximate surface area is 150 Å². The molecule has 1 aliphatic heterocycles.